The van der Waals surface area contributed by atoms with E-state index in [4.69, 9.17) is 10.5 Å². The molecule has 3 nitrogen and oxygen atoms in total. The molecule has 2 rings (SSSR count). The summed E-state index contributed by atoms with van der Waals surface area (Å²) in [5, 5.41) is 1.82. The molecule has 0 aliphatic carbocycles. The van der Waals surface area contributed by atoms with Crippen LogP contribution in [0, 0.1) is 0 Å². The third-order valence-electron chi connectivity index (χ3n) is 3.31. The van der Waals surface area contributed by atoms with Gasteiger partial charge in [-0.25, -0.2) is 4.39 Å². The molecule has 1 atom stereocenters. The Morgan fingerprint density at radius 3 is 2.95 bits per heavy atom. The normalized spacial score (nSPS) is 14.5. The summed E-state index contributed by atoms with van der Waals surface area (Å²) in [7, 11) is 1.52. The minimum Gasteiger partial charge on any atom is -0.381 e. The van der Waals surface area contributed by atoms with Gasteiger partial charge in [-0.3, -0.25) is 4.98 Å². The maximum Gasteiger partial charge on any atom is 0.159 e. The standard InChI is InChI=1S/C15H19FN2O/c1-19-11-15(16,7-3-8-17)14-5-2-4-12-10-18-9-6-13(12)14/h2,4-6,9-10H,3,7-8,11,17H2,1H3. The fourth-order valence-corrected chi connectivity index (χ4v) is 2.41. The number of ether oxygens (including phenoxy) is 1. The van der Waals surface area contributed by atoms with Crippen LogP contribution in [0.3, 0.4) is 0 Å². The molecule has 1 unspecified atom stereocenters. The zero-order valence-electron chi connectivity index (χ0n) is 11.1. The second-order valence-corrected chi connectivity index (χ2v) is 4.69. The van der Waals surface area contributed by atoms with Gasteiger partial charge in [0.05, 0.1) is 6.61 Å². The fourth-order valence-electron chi connectivity index (χ4n) is 2.41. The Hall–Kier alpha value is -1.52. The molecular weight excluding hydrogens is 243 g/mol. The molecule has 2 aromatic rings. The Morgan fingerprint density at radius 2 is 2.21 bits per heavy atom. The Bertz CT molecular complexity index is 541. The molecule has 0 bridgehead atoms. The minimum atomic E-state index is -1.50. The first-order valence-electron chi connectivity index (χ1n) is 6.42. The molecule has 1 aromatic heterocycles. The first kappa shape index (κ1) is 13.9. The van der Waals surface area contributed by atoms with Crippen molar-refractivity contribution in [2.75, 3.05) is 20.3 Å². The zero-order valence-corrected chi connectivity index (χ0v) is 11.1. The highest BCUT2D eigenvalue weighted by atomic mass is 19.1. The maximum absolute atomic E-state index is 15.2. The number of hydrogen-bond donors (Lipinski definition) is 1. The van der Waals surface area contributed by atoms with Gasteiger partial charge in [0.15, 0.2) is 5.67 Å². The van der Waals surface area contributed by atoms with E-state index >= 15 is 4.39 Å². The van der Waals surface area contributed by atoms with Crippen molar-refractivity contribution < 1.29 is 9.13 Å². The molecule has 4 heteroatoms. The number of benzene rings is 1. The van der Waals surface area contributed by atoms with E-state index in [0.717, 1.165) is 10.8 Å². The van der Waals surface area contributed by atoms with E-state index in [0.29, 0.717) is 24.9 Å². The summed E-state index contributed by atoms with van der Waals surface area (Å²) >= 11 is 0. The molecule has 0 saturated carbocycles. The van der Waals surface area contributed by atoms with Crippen LogP contribution in [0.15, 0.2) is 36.7 Å². The van der Waals surface area contributed by atoms with Crippen LogP contribution in [0.4, 0.5) is 4.39 Å². The summed E-state index contributed by atoms with van der Waals surface area (Å²) in [6, 6.07) is 7.45. The number of halogens is 1. The van der Waals surface area contributed by atoms with Gasteiger partial charge < -0.3 is 10.5 Å². The van der Waals surface area contributed by atoms with Gasteiger partial charge in [-0.05, 0) is 36.4 Å². The van der Waals surface area contributed by atoms with Crippen molar-refractivity contribution in [1.82, 2.24) is 4.98 Å². The lowest BCUT2D eigenvalue weighted by atomic mass is 9.88. The number of nitrogens with zero attached hydrogens (tertiary/aromatic N) is 1. The summed E-state index contributed by atoms with van der Waals surface area (Å²) in [5.41, 5.74) is 4.66. The number of aromatic nitrogens is 1. The molecule has 0 aliphatic rings. The number of pyridine rings is 1. The van der Waals surface area contributed by atoms with Gasteiger partial charge in [0.25, 0.3) is 0 Å². The Morgan fingerprint density at radius 1 is 1.37 bits per heavy atom. The zero-order chi connectivity index (χ0) is 13.7. The molecule has 0 radical (unpaired) electrons. The van der Waals surface area contributed by atoms with Crippen LogP contribution in [-0.2, 0) is 10.4 Å². The smallest absolute Gasteiger partial charge is 0.159 e. The van der Waals surface area contributed by atoms with Crippen molar-refractivity contribution in [2.24, 2.45) is 5.73 Å². The van der Waals surface area contributed by atoms with E-state index in [2.05, 4.69) is 4.98 Å². The van der Waals surface area contributed by atoms with Gasteiger partial charge in [-0.15, -0.1) is 0 Å². The van der Waals surface area contributed by atoms with Crippen LogP contribution < -0.4 is 5.73 Å². The van der Waals surface area contributed by atoms with Crippen molar-refractivity contribution in [2.45, 2.75) is 18.5 Å². The molecule has 19 heavy (non-hydrogen) atoms. The first-order valence-corrected chi connectivity index (χ1v) is 6.42. The molecule has 102 valence electrons. The van der Waals surface area contributed by atoms with Gasteiger partial charge in [0, 0.05) is 24.9 Å². The molecule has 0 fully saturated rings. The van der Waals surface area contributed by atoms with Gasteiger partial charge in [0.1, 0.15) is 0 Å². The Kier molecular flexibility index (Phi) is 4.45. The molecule has 2 N–H and O–H groups in total. The Labute approximate surface area is 112 Å². The lowest BCUT2D eigenvalue weighted by Gasteiger charge is -2.26. The molecular formula is C15H19FN2O. The number of fused-ring (bicyclic) bond motifs is 1. The summed E-state index contributed by atoms with van der Waals surface area (Å²) in [5.74, 6) is 0. The van der Waals surface area contributed by atoms with Crippen LogP contribution >= 0.6 is 0 Å². The summed E-state index contributed by atoms with van der Waals surface area (Å²) in [6.07, 6.45) is 4.41. The maximum atomic E-state index is 15.2. The van der Waals surface area contributed by atoms with Gasteiger partial charge >= 0.3 is 0 Å². The number of hydrogen-bond acceptors (Lipinski definition) is 3. The van der Waals surface area contributed by atoms with E-state index in [-0.39, 0.29) is 6.61 Å². The van der Waals surface area contributed by atoms with Crippen molar-refractivity contribution >= 4 is 10.8 Å². The van der Waals surface area contributed by atoms with Crippen molar-refractivity contribution in [1.29, 1.82) is 0 Å². The van der Waals surface area contributed by atoms with Crippen LogP contribution in [0.1, 0.15) is 18.4 Å². The molecule has 1 aromatic carbocycles. The highest BCUT2D eigenvalue weighted by molar-refractivity contribution is 5.85. The lowest BCUT2D eigenvalue weighted by Crippen LogP contribution is -2.27. The number of alkyl halides is 1. The van der Waals surface area contributed by atoms with E-state index in [1.807, 2.05) is 24.3 Å². The summed E-state index contributed by atoms with van der Waals surface area (Å²) in [6.45, 7) is 0.510. The molecule has 0 spiro atoms. The lowest BCUT2D eigenvalue weighted by molar-refractivity contribution is 0.0315. The molecule has 0 amide bonds. The quantitative estimate of drug-likeness (QED) is 0.870. The second-order valence-electron chi connectivity index (χ2n) is 4.69. The largest absolute Gasteiger partial charge is 0.381 e. The number of methoxy groups -OCH3 is 1. The van der Waals surface area contributed by atoms with E-state index in [1.165, 1.54) is 7.11 Å². The first-order chi connectivity index (χ1) is 9.21. The van der Waals surface area contributed by atoms with E-state index in [9.17, 15) is 0 Å². The van der Waals surface area contributed by atoms with Crippen LogP contribution in [0.5, 0.6) is 0 Å². The third kappa shape index (κ3) is 2.91. The SMILES string of the molecule is COCC(F)(CCCN)c1cccc2cnccc12. The number of nitrogens with two attached hydrogens (primary N) is 1. The highest BCUT2D eigenvalue weighted by Gasteiger charge is 2.32. The van der Waals surface area contributed by atoms with Crippen molar-refractivity contribution in [3.63, 3.8) is 0 Å². The monoisotopic (exact) mass is 262 g/mol. The Balaban J connectivity index is 2.49. The van der Waals surface area contributed by atoms with Crippen LogP contribution in [0.25, 0.3) is 10.8 Å². The molecule has 0 saturated heterocycles. The highest BCUT2D eigenvalue weighted by Crippen LogP contribution is 2.35. The van der Waals surface area contributed by atoms with E-state index < -0.39 is 5.67 Å². The van der Waals surface area contributed by atoms with Crippen molar-refractivity contribution in [3.05, 3.63) is 42.2 Å². The predicted octanol–water partition coefficient (Wildman–Crippen LogP) is 2.78. The van der Waals surface area contributed by atoms with Gasteiger partial charge in [0.2, 0.25) is 0 Å². The average Bonchev–Trinajstić information content (AvgIpc) is 2.45. The van der Waals surface area contributed by atoms with Crippen molar-refractivity contribution in [3.8, 4) is 0 Å². The molecule has 0 aliphatic heterocycles. The van der Waals surface area contributed by atoms with Gasteiger partial charge in [-0.1, -0.05) is 18.2 Å². The van der Waals surface area contributed by atoms with Gasteiger partial charge in [-0.2, -0.15) is 0 Å². The number of rotatable bonds is 6. The second kappa shape index (κ2) is 6.08. The minimum absolute atomic E-state index is 0.0361. The fraction of sp³-hybridized carbons (Fsp3) is 0.400. The van der Waals surface area contributed by atoms with E-state index in [1.54, 1.807) is 12.4 Å². The topological polar surface area (TPSA) is 48.1 Å². The third-order valence-corrected chi connectivity index (χ3v) is 3.31. The average molecular weight is 262 g/mol. The molecule has 1 heterocycles. The summed E-state index contributed by atoms with van der Waals surface area (Å²) < 4.78 is 20.3. The predicted molar refractivity (Wildman–Crippen MR) is 74.7 cm³/mol. The van der Waals surface area contributed by atoms with Crippen LogP contribution in [0.2, 0.25) is 0 Å². The summed E-state index contributed by atoms with van der Waals surface area (Å²) in [4.78, 5) is 4.07. The van der Waals surface area contributed by atoms with Crippen LogP contribution in [-0.4, -0.2) is 25.2 Å².